The standard InChI is InChI=1S/C23H21FN4S/c1-29-23-25-12-15(13-26-23)14-28-11-10-19-18-4-2-3-5-20(18)27-21(19)22(28)16-6-8-17(24)9-7-16/h2-9,12-13,22,27H,10-11,14H2,1H3. The molecule has 0 fully saturated rings. The maximum atomic E-state index is 13.6. The second-order valence-corrected chi connectivity index (χ2v) is 8.09. The lowest BCUT2D eigenvalue weighted by atomic mass is 9.92. The van der Waals surface area contributed by atoms with Crippen LogP contribution in [0.4, 0.5) is 4.39 Å². The molecule has 29 heavy (non-hydrogen) atoms. The van der Waals surface area contributed by atoms with Gasteiger partial charge in [0.15, 0.2) is 5.16 Å². The van der Waals surface area contributed by atoms with Gasteiger partial charge in [0, 0.05) is 47.6 Å². The van der Waals surface area contributed by atoms with Crippen molar-refractivity contribution in [3.05, 3.63) is 89.1 Å². The van der Waals surface area contributed by atoms with Crippen LogP contribution in [0, 0.1) is 5.82 Å². The Morgan fingerprint density at radius 3 is 2.62 bits per heavy atom. The van der Waals surface area contributed by atoms with Gasteiger partial charge in [0.05, 0.1) is 6.04 Å². The molecule has 1 aliphatic heterocycles. The first-order valence-electron chi connectivity index (χ1n) is 9.67. The van der Waals surface area contributed by atoms with Crippen LogP contribution in [0.3, 0.4) is 0 Å². The first kappa shape index (κ1) is 18.3. The number of H-pyrrole nitrogens is 1. The number of benzene rings is 2. The highest BCUT2D eigenvalue weighted by Crippen LogP contribution is 2.39. The van der Waals surface area contributed by atoms with E-state index in [4.69, 9.17) is 0 Å². The molecule has 146 valence electrons. The maximum Gasteiger partial charge on any atom is 0.187 e. The SMILES string of the molecule is CSc1ncc(CN2CCc3c([nH]c4ccccc34)C2c2ccc(F)cc2)cn1. The predicted molar refractivity (Wildman–Crippen MR) is 114 cm³/mol. The number of nitrogens with one attached hydrogen (secondary N) is 1. The summed E-state index contributed by atoms with van der Waals surface area (Å²) < 4.78 is 13.6. The normalized spacial score (nSPS) is 16.8. The highest BCUT2D eigenvalue weighted by molar-refractivity contribution is 7.98. The van der Waals surface area contributed by atoms with Gasteiger partial charge in [-0.05, 0) is 42.0 Å². The molecule has 0 saturated heterocycles. The summed E-state index contributed by atoms with van der Waals surface area (Å²) in [5, 5.41) is 2.06. The van der Waals surface area contributed by atoms with Gasteiger partial charge in [-0.15, -0.1) is 0 Å². The number of thioether (sulfide) groups is 1. The van der Waals surface area contributed by atoms with Crippen molar-refractivity contribution in [2.75, 3.05) is 12.8 Å². The molecule has 0 spiro atoms. The third-order valence-electron chi connectivity index (χ3n) is 5.57. The summed E-state index contributed by atoms with van der Waals surface area (Å²) in [6.07, 6.45) is 6.75. The quantitative estimate of drug-likeness (QED) is 0.385. The number of nitrogens with zero attached hydrogens (tertiary/aromatic N) is 3. The molecule has 2 aromatic heterocycles. The molecule has 1 N–H and O–H groups in total. The van der Waals surface area contributed by atoms with E-state index in [-0.39, 0.29) is 11.9 Å². The molecule has 0 saturated carbocycles. The van der Waals surface area contributed by atoms with Crippen LogP contribution < -0.4 is 0 Å². The van der Waals surface area contributed by atoms with E-state index in [1.54, 1.807) is 12.1 Å². The van der Waals surface area contributed by atoms with Gasteiger partial charge in [0.2, 0.25) is 0 Å². The smallest absolute Gasteiger partial charge is 0.187 e. The fourth-order valence-electron chi connectivity index (χ4n) is 4.25. The first-order chi connectivity index (χ1) is 14.2. The Hall–Kier alpha value is -2.70. The number of aromatic amines is 1. The lowest BCUT2D eigenvalue weighted by Crippen LogP contribution is -2.35. The molecule has 3 heterocycles. The van der Waals surface area contributed by atoms with Crippen molar-refractivity contribution in [2.24, 2.45) is 0 Å². The summed E-state index contributed by atoms with van der Waals surface area (Å²) in [5.41, 5.74) is 5.88. The van der Waals surface area contributed by atoms with Crippen LogP contribution in [0.5, 0.6) is 0 Å². The first-order valence-corrected chi connectivity index (χ1v) is 10.9. The number of hydrogen-bond acceptors (Lipinski definition) is 4. The number of halogens is 1. The molecule has 2 aromatic carbocycles. The minimum atomic E-state index is -0.214. The molecule has 0 aliphatic carbocycles. The number of para-hydroxylation sites is 1. The average molecular weight is 405 g/mol. The van der Waals surface area contributed by atoms with Crippen LogP contribution in [0.1, 0.15) is 28.4 Å². The van der Waals surface area contributed by atoms with Crippen LogP contribution >= 0.6 is 11.8 Å². The topological polar surface area (TPSA) is 44.8 Å². The molecule has 4 nitrogen and oxygen atoms in total. The highest BCUT2D eigenvalue weighted by atomic mass is 32.2. The molecule has 5 rings (SSSR count). The Morgan fingerprint density at radius 1 is 1.10 bits per heavy atom. The van der Waals surface area contributed by atoms with Crippen LogP contribution in [-0.2, 0) is 13.0 Å². The molecule has 6 heteroatoms. The van der Waals surface area contributed by atoms with Crippen molar-refractivity contribution in [3.63, 3.8) is 0 Å². The molecular weight excluding hydrogens is 383 g/mol. The second-order valence-electron chi connectivity index (χ2n) is 7.32. The zero-order valence-electron chi connectivity index (χ0n) is 16.1. The molecule has 0 bridgehead atoms. The molecule has 0 radical (unpaired) electrons. The Bertz CT molecular complexity index is 1140. The second kappa shape index (κ2) is 7.61. The van der Waals surface area contributed by atoms with Gasteiger partial charge in [-0.1, -0.05) is 42.1 Å². The van der Waals surface area contributed by atoms with E-state index in [0.29, 0.717) is 0 Å². The van der Waals surface area contributed by atoms with Crippen LogP contribution in [-0.4, -0.2) is 32.7 Å². The monoisotopic (exact) mass is 404 g/mol. The number of rotatable bonds is 4. The van der Waals surface area contributed by atoms with Crippen LogP contribution in [0.25, 0.3) is 10.9 Å². The Morgan fingerprint density at radius 2 is 1.86 bits per heavy atom. The largest absolute Gasteiger partial charge is 0.357 e. The van der Waals surface area contributed by atoms with Crippen molar-refractivity contribution in [3.8, 4) is 0 Å². The lowest BCUT2D eigenvalue weighted by Gasteiger charge is -2.36. The summed E-state index contributed by atoms with van der Waals surface area (Å²) in [7, 11) is 0. The third-order valence-corrected chi connectivity index (χ3v) is 6.15. The van der Waals surface area contributed by atoms with Gasteiger partial charge >= 0.3 is 0 Å². The van der Waals surface area contributed by atoms with Crippen molar-refractivity contribution in [1.29, 1.82) is 0 Å². The van der Waals surface area contributed by atoms with Gasteiger partial charge in [-0.2, -0.15) is 0 Å². The van der Waals surface area contributed by atoms with E-state index in [1.807, 2.05) is 30.8 Å². The van der Waals surface area contributed by atoms with E-state index in [0.717, 1.165) is 41.3 Å². The fraction of sp³-hybridized carbons (Fsp3) is 0.217. The molecular formula is C23H21FN4S. The van der Waals surface area contributed by atoms with Gasteiger partial charge in [-0.3, -0.25) is 4.90 Å². The van der Waals surface area contributed by atoms with Crippen LogP contribution in [0.15, 0.2) is 66.1 Å². The Kier molecular flexibility index (Phi) is 4.81. The number of aromatic nitrogens is 3. The minimum Gasteiger partial charge on any atom is -0.357 e. The number of hydrogen-bond donors (Lipinski definition) is 1. The summed E-state index contributed by atoms with van der Waals surface area (Å²) in [5.74, 6) is -0.214. The zero-order chi connectivity index (χ0) is 19.8. The minimum absolute atomic E-state index is 0.0342. The zero-order valence-corrected chi connectivity index (χ0v) is 16.9. The van der Waals surface area contributed by atoms with Gasteiger partial charge < -0.3 is 4.98 Å². The third kappa shape index (κ3) is 3.43. The average Bonchev–Trinajstić information content (AvgIpc) is 3.14. The Labute approximate surface area is 173 Å². The summed E-state index contributed by atoms with van der Waals surface area (Å²) in [6, 6.07) is 15.3. The van der Waals surface area contributed by atoms with E-state index in [1.165, 1.54) is 28.4 Å². The van der Waals surface area contributed by atoms with Gasteiger partial charge in [0.1, 0.15) is 5.82 Å². The van der Waals surface area contributed by atoms with Gasteiger partial charge in [0.25, 0.3) is 0 Å². The van der Waals surface area contributed by atoms with Crippen molar-refractivity contribution in [1.82, 2.24) is 19.9 Å². The van der Waals surface area contributed by atoms with Crippen molar-refractivity contribution in [2.45, 2.75) is 24.2 Å². The maximum absolute atomic E-state index is 13.6. The summed E-state index contributed by atoms with van der Waals surface area (Å²) in [4.78, 5) is 14.9. The van der Waals surface area contributed by atoms with Gasteiger partial charge in [-0.25, -0.2) is 14.4 Å². The fourth-order valence-corrected chi connectivity index (χ4v) is 4.56. The molecule has 4 aromatic rings. The van der Waals surface area contributed by atoms with E-state index < -0.39 is 0 Å². The molecule has 1 atom stereocenters. The predicted octanol–water partition coefficient (Wildman–Crippen LogP) is 4.97. The highest BCUT2D eigenvalue weighted by Gasteiger charge is 2.31. The van der Waals surface area contributed by atoms with E-state index in [2.05, 4.69) is 44.1 Å². The number of fused-ring (bicyclic) bond motifs is 3. The molecule has 0 amide bonds. The summed E-state index contributed by atoms with van der Waals surface area (Å²) >= 11 is 1.54. The van der Waals surface area contributed by atoms with Crippen molar-refractivity contribution >= 4 is 22.7 Å². The summed E-state index contributed by atoms with van der Waals surface area (Å²) in [6.45, 7) is 1.66. The molecule has 1 aliphatic rings. The Balaban J connectivity index is 1.57. The van der Waals surface area contributed by atoms with Crippen molar-refractivity contribution < 1.29 is 4.39 Å². The molecule has 1 unspecified atom stereocenters. The van der Waals surface area contributed by atoms with E-state index in [9.17, 15) is 4.39 Å². The van der Waals surface area contributed by atoms with Crippen LogP contribution in [0.2, 0.25) is 0 Å². The van der Waals surface area contributed by atoms with E-state index >= 15 is 0 Å². The lowest BCUT2D eigenvalue weighted by molar-refractivity contribution is 0.201.